The second-order valence-corrected chi connectivity index (χ2v) is 7.10. The summed E-state index contributed by atoms with van der Waals surface area (Å²) in [4.78, 5) is 2.51. The number of hydrogen-bond donors (Lipinski definition) is 1. The normalized spacial score (nSPS) is 20.3. The van der Waals surface area contributed by atoms with Gasteiger partial charge < -0.3 is 5.32 Å². The third-order valence-electron chi connectivity index (χ3n) is 4.67. The monoisotopic (exact) mass is 344 g/mol. The van der Waals surface area contributed by atoms with Gasteiger partial charge in [-0.1, -0.05) is 53.5 Å². The van der Waals surface area contributed by atoms with Gasteiger partial charge in [0.15, 0.2) is 0 Å². The van der Waals surface area contributed by atoms with E-state index in [4.69, 9.17) is 23.2 Å². The van der Waals surface area contributed by atoms with Crippen molar-refractivity contribution in [3.63, 3.8) is 0 Å². The Morgan fingerprint density at radius 1 is 1.09 bits per heavy atom. The van der Waals surface area contributed by atoms with Gasteiger partial charge >= 0.3 is 0 Å². The zero-order valence-electron chi connectivity index (χ0n) is 12.7. The number of fused-ring (bicyclic) bond motifs is 2. The molecular weight excluding hydrogens is 327 g/mol. The zero-order valence-corrected chi connectivity index (χ0v) is 14.2. The molecule has 1 atom stereocenters. The van der Waals surface area contributed by atoms with E-state index in [0.29, 0.717) is 16.0 Å². The molecule has 2 aliphatic rings. The molecule has 0 unspecified atom stereocenters. The molecule has 1 fully saturated rings. The van der Waals surface area contributed by atoms with Gasteiger partial charge in [-0.05, 0) is 33.7 Å². The van der Waals surface area contributed by atoms with E-state index in [9.17, 15) is 0 Å². The van der Waals surface area contributed by atoms with E-state index in [1.54, 1.807) is 0 Å². The highest BCUT2D eigenvalue weighted by Gasteiger charge is 2.28. The minimum Gasteiger partial charge on any atom is -0.390 e. The van der Waals surface area contributed by atoms with E-state index in [2.05, 4.69) is 46.7 Å². The van der Waals surface area contributed by atoms with Crippen molar-refractivity contribution in [3.05, 3.63) is 68.5 Å². The van der Waals surface area contributed by atoms with E-state index in [0.717, 1.165) is 31.4 Å². The largest absolute Gasteiger partial charge is 0.390 e. The number of rotatable bonds is 2. The van der Waals surface area contributed by atoms with Crippen LogP contribution in [0, 0.1) is 5.92 Å². The summed E-state index contributed by atoms with van der Waals surface area (Å²) in [6.45, 7) is 4.01. The van der Waals surface area contributed by atoms with Crippen molar-refractivity contribution in [3.8, 4) is 0 Å². The second kappa shape index (κ2) is 6.20. The number of hydrogen-bond acceptors (Lipinski definition) is 2. The zero-order chi connectivity index (χ0) is 15.8. The summed E-state index contributed by atoms with van der Waals surface area (Å²) in [5.41, 5.74) is 2.83. The first-order chi connectivity index (χ1) is 11.2. The van der Waals surface area contributed by atoms with Crippen LogP contribution in [-0.2, 0) is 6.54 Å². The fourth-order valence-corrected chi connectivity index (χ4v) is 3.92. The molecule has 1 saturated heterocycles. The summed E-state index contributed by atoms with van der Waals surface area (Å²) >= 11 is 12.4. The third-order valence-corrected chi connectivity index (χ3v) is 5.40. The van der Waals surface area contributed by atoms with Crippen LogP contribution in [0.2, 0.25) is 10.0 Å². The molecule has 23 heavy (non-hydrogen) atoms. The van der Waals surface area contributed by atoms with Crippen molar-refractivity contribution in [1.82, 2.24) is 10.2 Å². The van der Waals surface area contributed by atoms with E-state index in [1.165, 1.54) is 16.4 Å². The summed E-state index contributed by atoms with van der Waals surface area (Å²) in [5, 5.41) is 7.06. The number of benzene rings is 2. The maximum Gasteiger partial charge on any atom is 0.0599 e. The fourth-order valence-electron chi connectivity index (χ4n) is 3.58. The molecule has 2 aromatic rings. The Hall–Kier alpha value is -1.48. The SMILES string of the molecule is Clc1cc2c(cc1Cl)=C1CN(Cc3ccccc3)C[C@@H]1CNC=2. The van der Waals surface area contributed by atoms with Crippen molar-refractivity contribution in [1.29, 1.82) is 0 Å². The van der Waals surface area contributed by atoms with Gasteiger partial charge in [-0.15, -0.1) is 0 Å². The molecule has 0 aliphatic carbocycles. The van der Waals surface area contributed by atoms with E-state index < -0.39 is 0 Å². The van der Waals surface area contributed by atoms with Crippen molar-refractivity contribution in [2.24, 2.45) is 5.92 Å². The van der Waals surface area contributed by atoms with Crippen LogP contribution in [0.3, 0.4) is 0 Å². The molecule has 2 nitrogen and oxygen atoms in total. The van der Waals surface area contributed by atoms with Crippen LogP contribution in [-0.4, -0.2) is 24.5 Å². The van der Waals surface area contributed by atoms with E-state index in [-0.39, 0.29) is 0 Å². The molecule has 4 heteroatoms. The molecule has 2 heterocycles. The highest BCUT2D eigenvalue weighted by Crippen LogP contribution is 2.25. The number of halogens is 2. The maximum absolute atomic E-state index is 6.26. The molecule has 0 amide bonds. The highest BCUT2D eigenvalue weighted by molar-refractivity contribution is 6.41. The fraction of sp³-hybridized carbons (Fsp3) is 0.263. The van der Waals surface area contributed by atoms with Gasteiger partial charge in [0.05, 0.1) is 10.0 Å². The second-order valence-electron chi connectivity index (χ2n) is 6.28. The van der Waals surface area contributed by atoms with Gasteiger partial charge in [-0.2, -0.15) is 0 Å². The van der Waals surface area contributed by atoms with Crippen molar-refractivity contribution >= 4 is 35.0 Å². The highest BCUT2D eigenvalue weighted by atomic mass is 35.5. The van der Waals surface area contributed by atoms with Crippen LogP contribution in [0.4, 0.5) is 0 Å². The third kappa shape index (κ3) is 2.99. The quantitative estimate of drug-likeness (QED) is 0.900. The molecule has 2 aromatic carbocycles. The van der Waals surface area contributed by atoms with Crippen LogP contribution in [0.1, 0.15) is 5.56 Å². The van der Waals surface area contributed by atoms with Gasteiger partial charge in [0.1, 0.15) is 0 Å². The van der Waals surface area contributed by atoms with Gasteiger partial charge in [-0.25, -0.2) is 0 Å². The van der Waals surface area contributed by atoms with Crippen molar-refractivity contribution < 1.29 is 0 Å². The average molecular weight is 345 g/mol. The lowest BCUT2D eigenvalue weighted by Gasteiger charge is -2.15. The lowest BCUT2D eigenvalue weighted by Crippen LogP contribution is -2.29. The smallest absolute Gasteiger partial charge is 0.0599 e. The first-order valence-corrected chi connectivity index (χ1v) is 8.64. The summed E-state index contributed by atoms with van der Waals surface area (Å²) in [6.07, 6.45) is 2.06. The Labute approximate surface area is 146 Å². The summed E-state index contributed by atoms with van der Waals surface area (Å²) < 4.78 is 0. The number of nitrogens with one attached hydrogen (secondary N) is 1. The van der Waals surface area contributed by atoms with Crippen LogP contribution >= 0.6 is 23.2 Å². The van der Waals surface area contributed by atoms with Gasteiger partial charge in [0, 0.05) is 38.3 Å². The van der Waals surface area contributed by atoms with Gasteiger partial charge in [0.2, 0.25) is 0 Å². The van der Waals surface area contributed by atoms with Crippen molar-refractivity contribution in [2.45, 2.75) is 6.54 Å². The summed E-state index contributed by atoms with van der Waals surface area (Å²) in [6, 6.07) is 14.6. The molecule has 0 spiro atoms. The Morgan fingerprint density at radius 2 is 1.87 bits per heavy atom. The average Bonchev–Trinajstić information content (AvgIpc) is 2.87. The van der Waals surface area contributed by atoms with Crippen LogP contribution in [0.15, 0.2) is 42.5 Å². The summed E-state index contributed by atoms with van der Waals surface area (Å²) in [7, 11) is 0. The molecule has 0 aromatic heterocycles. The Morgan fingerprint density at radius 3 is 2.70 bits per heavy atom. The van der Waals surface area contributed by atoms with Gasteiger partial charge in [0.25, 0.3) is 0 Å². The Bertz CT molecular complexity index is 846. The van der Waals surface area contributed by atoms with Gasteiger partial charge in [-0.3, -0.25) is 4.90 Å². The molecule has 0 radical (unpaired) electrons. The first-order valence-electron chi connectivity index (χ1n) is 7.89. The maximum atomic E-state index is 6.26. The van der Waals surface area contributed by atoms with E-state index in [1.807, 2.05) is 12.1 Å². The molecule has 1 N–H and O–H groups in total. The standard InChI is InChI=1S/C19H18Cl2N2/c20-18-6-14-8-22-9-15-11-23(10-13-4-2-1-3-5-13)12-17(15)16(14)7-19(18)21/h1-8,15,22H,9-12H2/t15-/m0/s1. The molecule has 0 bridgehead atoms. The predicted octanol–water partition coefficient (Wildman–Crippen LogP) is 2.62. The minimum absolute atomic E-state index is 0.522. The first kappa shape index (κ1) is 15.1. The molecule has 0 saturated carbocycles. The Balaban J connectivity index is 1.72. The van der Waals surface area contributed by atoms with E-state index >= 15 is 0 Å². The summed E-state index contributed by atoms with van der Waals surface area (Å²) in [5.74, 6) is 0.522. The topological polar surface area (TPSA) is 15.3 Å². The minimum atomic E-state index is 0.522. The van der Waals surface area contributed by atoms with Crippen LogP contribution in [0.25, 0.3) is 11.8 Å². The molecular formula is C19H18Cl2N2. The molecule has 2 aliphatic heterocycles. The lowest BCUT2D eigenvalue weighted by molar-refractivity contribution is 0.317. The van der Waals surface area contributed by atoms with Crippen LogP contribution in [0.5, 0.6) is 0 Å². The lowest BCUT2D eigenvalue weighted by atomic mass is 10.0. The molecule has 4 rings (SSSR count). The van der Waals surface area contributed by atoms with Crippen molar-refractivity contribution in [2.75, 3.05) is 19.6 Å². The number of likely N-dealkylation sites (tertiary alicyclic amines) is 1. The molecule has 118 valence electrons. The Kier molecular flexibility index (Phi) is 4.06. The predicted molar refractivity (Wildman–Crippen MR) is 96.8 cm³/mol. The number of nitrogens with zero attached hydrogens (tertiary/aromatic N) is 1. The van der Waals surface area contributed by atoms with Crippen LogP contribution < -0.4 is 15.8 Å².